The summed E-state index contributed by atoms with van der Waals surface area (Å²) in [5.74, 6) is 0.0839. The van der Waals surface area contributed by atoms with E-state index >= 15 is 0 Å². The summed E-state index contributed by atoms with van der Waals surface area (Å²) < 4.78 is 0. The normalized spacial score (nSPS) is 17.7. The van der Waals surface area contributed by atoms with E-state index < -0.39 is 0 Å². The van der Waals surface area contributed by atoms with Crippen LogP contribution in [0.2, 0.25) is 5.02 Å². The van der Waals surface area contributed by atoms with Gasteiger partial charge >= 0.3 is 0 Å². The second kappa shape index (κ2) is 10.3. The van der Waals surface area contributed by atoms with Gasteiger partial charge in [-0.15, -0.1) is 0 Å². The fourth-order valence-corrected chi connectivity index (χ4v) is 4.56. The Bertz CT molecular complexity index is 1350. The molecule has 5 nitrogen and oxygen atoms in total. The van der Waals surface area contributed by atoms with Gasteiger partial charge < -0.3 is 15.5 Å². The van der Waals surface area contributed by atoms with Crippen LogP contribution in [0, 0.1) is 6.92 Å². The Labute approximate surface area is 210 Å². The van der Waals surface area contributed by atoms with E-state index in [9.17, 15) is 4.79 Å². The van der Waals surface area contributed by atoms with Crippen molar-refractivity contribution < 1.29 is 4.79 Å². The van der Waals surface area contributed by atoms with E-state index in [1.165, 1.54) is 5.56 Å². The minimum atomic E-state index is -0.272. The summed E-state index contributed by atoms with van der Waals surface area (Å²) in [6, 6.07) is 25.6. The smallest absolute Gasteiger partial charge is 0.247 e. The Balaban J connectivity index is 1.26. The largest absolute Gasteiger partial charge is 0.383 e. The second-order valence-electron chi connectivity index (χ2n) is 8.68. The summed E-state index contributed by atoms with van der Waals surface area (Å²) >= 11 is 6.10. The Morgan fingerprint density at radius 3 is 2.60 bits per heavy atom. The first kappa shape index (κ1) is 23.1. The van der Waals surface area contributed by atoms with Crippen LogP contribution in [0.25, 0.3) is 17.0 Å². The first-order chi connectivity index (χ1) is 17.1. The molecule has 1 aliphatic heterocycles. The zero-order valence-corrected chi connectivity index (χ0v) is 20.2. The number of nitrogens with zero attached hydrogens (tertiary/aromatic N) is 2. The number of aryl methyl sites for hydroxylation is 1. The maximum Gasteiger partial charge on any atom is 0.247 e. The second-order valence-corrected chi connectivity index (χ2v) is 9.12. The van der Waals surface area contributed by atoms with Crippen LogP contribution < -0.4 is 15.5 Å². The lowest BCUT2D eigenvalue weighted by Crippen LogP contribution is -2.70. The number of nitrogens with one attached hydrogen (secondary N) is 2. The third-order valence-electron chi connectivity index (χ3n) is 6.25. The van der Waals surface area contributed by atoms with Crippen molar-refractivity contribution in [1.82, 2.24) is 10.3 Å². The summed E-state index contributed by atoms with van der Waals surface area (Å²) in [4.78, 5) is 19.4. The third-order valence-corrected chi connectivity index (χ3v) is 6.49. The van der Waals surface area contributed by atoms with E-state index in [0.29, 0.717) is 18.1 Å². The number of halogens is 1. The zero-order chi connectivity index (χ0) is 24.2. The van der Waals surface area contributed by atoms with Gasteiger partial charge in [0.25, 0.3) is 0 Å². The fourth-order valence-electron chi connectivity index (χ4n) is 4.39. The lowest BCUT2D eigenvalue weighted by atomic mass is 9.92. The van der Waals surface area contributed by atoms with E-state index in [2.05, 4.69) is 39.9 Å². The summed E-state index contributed by atoms with van der Waals surface area (Å²) in [5.41, 5.74) is 5.05. The molecule has 0 bridgehead atoms. The topological polar surface area (TPSA) is 57.3 Å². The molecule has 0 radical (unpaired) electrons. The highest BCUT2D eigenvalue weighted by atomic mass is 35.5. The molecule has 0 unspecified atom stereocenters. The molecule has 0 spiro atoms. The van der Waals surface area contributed by atoms with Crippen molar-refractivity contribution in [2.45, 2.75) is 19.0 Å². The number of rotatable bonds is 8. The average molecular weight is 483 g/mol. The number of β-lactam (4-membered cyclic amide) rings is 1. The molecule has 6 heteroatoms. The van der Waals surface area contributed by atoms with Crippen LogP contribution in [0.5, 0.6) is 0 Å². The number of hydrogen-bond acceptors (Lipinski definition) is 4. The van der Waals surface area contributed by atoms with Crippen LogP contribution in [-0.2, 0) is 4.79 Å². The summed E-state index contributed by atoms with van der Waals surface area (Å²) in [7, 11) is 0. The number of hydrogen-bond donors (Lipinski definition) is 2. The SMILES string of the molecule is Cc1ccc(N2C(=O)[C@@H](NCCNc3ccnc4cc(Cl)ccc34)[C@H]2/C=C/c2ccccc2)cc1. The highest BCUT2D eigenvalue weighted by Gasteiger charge is 2.46. The van der Waals surface area contributed by atoms with Crippen molar-refractivity contribution in [3.05, 3.63) is 107 Å². The number of carbonyl (C=O) groups is 1. The van der Waals surface area contributed by atoms with Crippen molar-refractivity contribution in [2.24, 2.45) is 0 Å². The molecule has 1 aliphatic rings. The lowest BCUT2D eigenvalue weighted by Gasteiger charge is -2.46. The van der Waals surface area contributed by atoms with Gasteiger partial charge in [-0.05, 0) is 48.9 Å². The van der Waals surface area contributed by atoms with Crippen LogP contribution in [0.15, 0.2) is 91.1 Å². The number of pyridine rings is 1. The van der Waals surface area contributed by atoms with Gasteiger partial charge in [-0.2, -0.15) is 0 Å². The highest BCUT2D eigenvalue weighted by Crippen LogP contribution is 2.30. The Kier molecular flexibility index (Phi) is 6.80. The van der Waals surface area contributed by atoms with E-state index in [1.54, 1.807) is 6.20 Å². The number of benzene rings is 3. The van der Waals surface area contributed by atoms with Crippen LogP contribution in [0.1, 0.15) is 11.1 Å². The number of anilines is 2. The molecule has 3 aromatic carbocycles. The molecule has 4 aromatic rings. The van der Waals surface area contributed by atoms with Crippen molar-refractivity contribution in [1.29, 1.82) is 0 Å². The van der Waals surface area contributed by atoms with Gasteiger partial charge in [-0.25, -0.2) is 0 Å². The van der Waals surface area contributed by atoms with E-state index in [1.807, 2.05) is 78.6 Å². The molecule has 0 aliphatic carbocycles. The zero-order valence-electron chi connectivity index (χ0n) is 19.5. The third kappa shape index (κ3) is 5.06. The Morgan fingerprint density at radius 1 is 1.00 bits per heavy atom. The van der Waals surface area contributed by atoms with Gasteiger partial charge in [-0.3, -0.25) is 9.78 Å². The monoisotopic (exact) mass is 482 g/mol. The molecule has 176 valence electrons. The molecule has 5 rings (SSSR count). The van der Waals surface area contributed by atoms with Gasteiger partial charge in [0, 0.05) is 41.1 Å². The number of amides is 1. The summed E-state index contributed by atoms with van der Waals surface area (Å²) in [6.45, 7) is 3.36. The minimum absolute atomic E-state index is 0.0608. The molecule has 35 heavy (non-hydrogen) atoms. The molecule has 2 atom stereocenters. The maximum atomic E-state index is 13.1. The summed E-state index contributed by atoms with van der Waals surface area (Å²) in [5, 5.41) is 8.60. The number of aromatic nitrogens is 1. The Hall–Kier alpha value is -3.67. The van der Waals surface area contributed by atoms with Crippen molar-refractivity contribution in [2.75, 3.05) is 23.3 Å². The van der Waals surface area contributed by atoms with Gasteiger partial charge in [0.15, 0.2) is 0 Å². The maximum absolute atomic E-state index is 13.1. The van der Waals surface area contributed by atoms with E-state index in [0.717, 1.165) is 27.8 Å². The first-order valence-corrected chi connectivity index (χ1v) is 12.1. The molecule has 0 saturated carbocycles. The average Bonchev–Trinajstić information content (AvgIpc) is 2.87. The van der Waals surface area contributed by atoms with Gasteiger partial charge in [-0.1, -0.05) is 71.8 Å². The lowest BCUT2D eigenvalue weighted by molar-refractivity contribution is -0.126. The van der Waals surface area contributed by atoms with E-state index in [4.69, 9.17) is 11.6 Å². The van der Waals surface area contributed by atoms with E-state index in [-0.39, 0.29) is 18.0 Å². The molecular formula is C29H27ClN4O. The molecular weight excluding hydrogens is 456 g/mol. The van der Waals surface area contributed by atoms with Gasteiger partial charge in [0.1, 0.15) is 6.04 Å². The molecule has 1 aromatic heterocycles. The highest BCUT2D eigenvalue weighted by molar-refractivity contribution is 6.31. The molecule has 2 N–H and O–H groups in total. The van der Waals surface area contributed by atoms with Crippen LogP contribution in [0.3, 0.4) is 0 Å². The molecule has 1 amide bonds. The van der Waals surface area contributed by atoms with Crippen molar-refractivity contribution in [3.63, 3.8) is 0 Å². The molecule has 1 saturated heterocycles. The number of fused-ring (bicyclic) bond motifs is 1. The van der Waals surface area contributed by atoms with Crippen LogP contribution in [0.4, 0.5) is 11.4 Å². The standard InChI is InChI=1S/C29H27ClN4O/c1-20-7-11-23(12-8-20)34-27(14-9-21-5-3-2-4-6-21)28(29(34)35)33-18-17-32-25-15-16-31-26-19-22(30)10-13-24(25)26/h2-16,19,27-28,33H,17-18H2,1H3,(H,31,32)/b14-9+/t27-,28+/m1/s1. The predicted molar refractivity (Wildman–Crippen MR) is 145 cm³/mol. The molecule has 2 heterocycles. The predicted octanol–water partition coefficient (Wildman–Crippen LogP) is 5.70. The van der Waals surface area contributed by atoms with Crippen molar-refractivity contribution in [3.8, 4) is 0 Å². The van der Waals surface area contributed by atoms with Gasteiger partial charge in [0.05, 0.1) is 11.6 Å². The Morgan fingerprint density at radius 2 is 1.80 bits per heavy atom. The summed E-state index contributed by atoms with van der Waals surface area (Å²) in [6.07, 6.45) is 5.97. The van der Waals surface area contributed by atoms with Gasteiger partial charge in [0.2, 0.25) is 5.91 Å². The minimum Gasteiger partial charge on any atom is -0.383 e. The van der Waals surface area contributed by atoms with Crippen molar-refractivity contribution >= 4 is 45.9 Å². The van der Waals surface area contributed by atoms with Crippen LogP contribution in [-0.4, -0.2) is 36.1 Å². The van der Waals surface area contributed by atoms with Crippen LogP contribution >= 0.6 is 11.6 Å². The quantitative estimate of drug-likeness (QED) is 0.250. The number of carbonyl (C=O) groups excluding carboxylic acids is 1. The molecule has 1 fully saturated rings. The first-order valence-electron chi connectivity index (χ1n) is 11.7. The fraction of sp³-hybridized carbons (Fsp3) is 0.172.